The number of methoxy groups -OCH3 is 1. The predicted octanol–water partition coefficient (Wildman–Crippen LogP) is 10.8. The van der Waals surface area contributed by atoms with E-state index in [4.69, 9.17) is 14.2 Å². The molecule has 0 aliphatic heterocycles. The average Bonchev–Trinajstić information content (AvgIpc) is 3.06. The van der Waals surface area contributed by atoms with Gasteiger partial charge in [0.2, 0.25) is 0 Å². The number of aliphatic hydroxyl groups is 1. The summed E-state index contributed by atoms with van der Waals surface area (Å²) in [4.78, 5) is 25.4. The molecule has 0 spiro atoms. The van der Waals surface area contributed by atoms with Crippen LogP contribution in [-0.4, -0.2) is 29.3 Å². The number of aliphatic hydroxyl groups excluding tert-OH is 1. The standard InChI is InChI=1S/C40H60O7/c1-4-6-8-10-12-14-16-18-20-22-39(43)46-34-27-24-32(25-29-36(42)35-28-26-33(41)30-38(35)45-3)37(31-34)47-40(44)23-21-19-17-15-13-11-9-7-5-2/h24-31,36,41-42H,4-23H2,1-3H3. The molecule has 262 valence electrons. The maximum absolute atomic E-state index is 12.8. The third kappa shape index (κ3) is 17.4. The van der Waals surface area contributed by atoms with E-state index in [0.29, 0.717) is 35.5 Å². The molecule has 0 saturated heterocycles. The Labute approximate surface area is 283 Å². The van der Waals surface area contributed by atoms with Crippen LogP contribution >= 0.6 is 0 Å². The van der Waals surface area contributed by atoms with Gasteiger partial charge in [0.05, 0.1) is 7.11 Å². The molecule has 1 atom stereocenters. The zero-order chi connectivity index (χ0) is 34.1. The van der Waals surface area contributed by atoms with E-state index < -0.39 is 6.10 Å². The van der Waals surface area contributed by atoms with Crippen LogP contribution in [0.25, 0.3) is 6.08 Å². The predicted molar refractivity (Wildman–Crippen MR) is 190 cm³/mol. The smallest absolute Gasteiger partial charge is 0.311 e. The Balaban J connectivity index is 1.98. The molecule has 0 aliphatic rings. The van der Waals surface area contributed by atoms with Gasteiger partial charge in [-0.3, -0.25) is 9.59 Å². The van der Waals surface area contributed by atoms with Crippen LogP contribution in [-0.2, 0) is 9.59 Å². The van der Waals surface area contributed by atoms with Gasteiger partial charge in [0.1, 0.15) is 29.1 Å². The summed E-state index contributed by atoms with van der Waals surface area (Å²) >= 11 is 0. The quantitative estimate of drug-likeness (QED) is 0.0592. The lowest BCUT2D eigenvalue weighted by Crippen LogP contribution is -2.10. The highest BCUT2D eigenvalue weighted by molar-refractivity contribution is 5.76. The number of carbonyl (C=O) groups excluding carboxylic acids is 2. The van der Waals surface area contributed by atoms with Crippen LogP contribution in [0.4, 0.5) is 0 Å². The van der Waals surface area contributed by atoms with Gasteiger partial charge in [-0.1, -0.05) is 129 Å². The van der Waals surface area contributed by atoms with Crippen LogP contribution in [0.2, 0.25) is 0 Å². The summed E-state index contributed by atoms with van der Waals surface area (Å²) in [6.45, 7) is 4.45. The van der Waals surface area contributed by atoms with Crippen LogP contribution in [0.3, 0.4) is 0 Å². The largest absolute Gasteiger partial charge is 0.508 e. The number of esters is 2. The molecule has 7 heteroatoms. The van der Waals surface area contributed by atoms with Crippen molar-refractivity contribution in [3.8, 4) is 23.0 Å². The fourth-order valence-corrected chi connectivity index (χ4v) is 5.56. The molecule has 0 aromatic heterocycles. The summed E-state index contributed by atoms with van der Waals surface area (Å²) in [6, 6.07) is 9.44. The number of phenolic OH excluding ortho intramolecular Hbond substituents is 1. The van der Waals surface area contributed by atoms with Crippen LogP contribution in [0.5, 0.6) is 23.0 Å². The monoisotopic (exact) mass is 652 g/mol. The molecular formula is C40H60O7. The lowest BCUT2D eigenvalue weighted by molar-refractivity contribution is -0.135. The molecule has 0 radical (unpaired) electrons. The molecule has 0 amide bonds. The molecule has 7 nitrogen and oxygen atoms in total. The van der Waals surface area contributed by atoms with Gasteiger partial charge < -0.3 is 24.4 Å². The summed E-state index contributed by atoms with van der Waals surface area (Å²) in [6.07, 6.45) is 23.7. The van der Waals surface area contributed by atoms with E-state index in [2.05, 4.69) is 13.8 Å². The molecule has 2 N–H and O–H groups in total. The van der Waals surface area contributed by atoms with E-state index in [1.54, 1.807) is 36.4 Å². The number of rotatable bonds is 26. The summed E-state index contributed by atoms with van der Waals surface area (Å²) in [7, 11) is 1.47. The molecule has 0 saturated carbocycles. The van der Waals surface area contributed by atoms with Crippen molar-refractivity contribution in [1.29, 1.82) is 0 Å². The summed E-state index contributed by atoms with van der Waals surface area (Å²) in [5.41, 5.74) is 1.04. The lowest BCUT2D eigenvalue weighted by atomic mass is 10.1. The third-order valence-corrected chi connectivity index (χ3v) is 8.40. The van der Waals surface area contributed by atoms with Gasteiger partial charge in [0.25, 0.3) is 0 Å². The van der Waals surface area contributed by atoms with Crippen LogP contribution in [0, 0.1) is 0 Å². The molecule has 2 aromatic rings. The first-order valence-corrected chi connectivity index (χ1v) is 18.2. The molecule has 0 fully saturated rings. The number of aromatic hydroxyl groups is 1. The molecule has 1 unspecified atom stereocenters. The number of phenols is 1. The normalized spacial score (nSPS) is 11.9. The van der Waals surface area contributed by atoms with E-state index in [1.807, 2.05) is 0 Å². The highest BCUT2D eigenvalue weighted by Crippen LogP contribution is 2.32. The number of hydrogen-bond donors (Lipinski definition) is 2. The molecule has 0 aliphatic carbocycles. The van der Waals surface area contributed by atoms with Crippen molar-refractivity contribution in [1.82, 2.24) is 0 Å². The highest BCUT2D eigenvalue weighted by Gasteiger charge is 2.15. The Bertz CT molecular complexity index is 1190. The summed E-state index contributed by atoms with van der Waals surface area (Å²) in [5, 5.41) is 20.6. The summed E-state index contributed by atoms with van der Waals surface area (Å²) in [5.74, 6) is 0.310. The second-order valence-corrected chi connectivity index (χ2v) is 12.5. The van der Waals surface area contributed by atoms with E-state index in [0.717, 1.165) is 38.5 Å². The topological polar surface area (TPSA) is 102 Å². The number of carbonyl (C=O) groups is 2. The van der Waals surface area contributed by atoms with Crippen molar-refractivity contribution in [3.05, 3.63) is 53.6 Å². The van der Waals surface area contributed by atoms with E-state index >= 15 is 0 Å². The second-order valence-electron chi connectivity index (χ2n) is 12.5. The Morgan fingerprint density at radius 3 is 1.70 bits per heavy atom. The van der Waals surface area contributed by atoms with Crippen molar-refractivity contribution in [3.63, 3.8) is 0 Å². The third-order valence-electron chi connectivity index (χ3n) is 8.40. The van der Waals surface area contributed by atoms with E-state index in [1.165, 1.54) is 96.3 Å². The van der Waals surface area contributed by atoms with Crippen molar-refractivity contribution >= 4 is 18.0 Å². The lowest BCUT2D eigenvalue weighted by Gasteiger charge is -2.13. The van der Waals surface area contributed by atoms with Crippen LogP contribution in [0.15, 0.2) is 42.5 Å². The van der Waals surface area contributed by atoms with Gasteiger partial charge in [0, 0.05) is 36.1 Å². The number of ether oxygens (including phenoxy) is 3. The van der Waals surface area contributed by atoms with Crippen molar-refractivity contribution in [2.75, 3.05) is 7.11 Å². The number of benzene rings is 2. The molecular weight excluding hydrogens is 592 g/mol. The van der Waals surface area contributed by atoms with Gasteiger partial charge >= 0.3 is 11.9 Å². The SMILES string of the molecule is CCCCCCCCCCCC(=O)Oc1ccc(C=CC(O)c2ccc(O)cc2OC)c(OC(=O)CCCCCCCCCCC)c1. The van der Waals surface area contributed by atoms with Gasteiger partial charge in [-0.25, -0.2) is 0 Å². The highest BCUT2D eigenvalue weighted by atomic mass is 16.5. The Morgan fingerprint density at radius 2 is 1.17 bits per heavy atom. The first-order valence-electron chi connectivity index (χ1n) is 18.2. The van der Waals surface area contributed by atoms with E-state index in [9.17, 15) is 19.8 Å². The average molecular weight is 653 g/mol. The van der Waals surface area contributed by atoms with Gasteiger partial charge in [-0.15, -0.1) is 0 Å². The van der Waals surface area contributed by atoms with Gasteiger partial charge in [0.15, 0.2) is 0 Å². The molecule has 2 aromatic carbocycles. The molecule has 0 heterocycles. The first-order chi connectivity index (χ1) is 22.9. The Hall–Kier alpha value is -3.32. The first kappa shape index (κ1) is 39.9. The van der Waals surface area contributed by atoms with E-state index in [-0.39, 0.29) is 23.4 Å². The van der Waals surface area contributed by atoms with Crippen molar-refractivity contribution in [2.45, 2.75) is 148 Å². The van der Waals surface area contributed by atoms with Gasteiger partial charge in [-0.2, -0.15) is 0 Å². The van der Waals surface area contributed by atoms with Crippen molar-refractivity contribution in [2.24, 2.45) is 0 Å². The minimum absolute atomic E-state index is 0.0332. The van der Waals surface area contributed by atoms with Crippen LogP contribution in [0.1, 0.15) is 159 Å². The zero-order valence-corrected chi connectivity index (χ0v) is 29.3. The number of unbranched alkanes of at least 4 members (excludes halogenated alkanes) is 16. The minimum Gasteiger partial charge on any atom is -0.508 e. The van der Waals surface area contributed by atoms with Crippen molar-refractivity contribution < 1.29 is 34.0 Å². The maximum atomic E-state index is 12.8. The summed E-state index contributed by atoms with van der Waals surface area (Å²) < 4.78 is 16.7. The molecule has 2 rings (SSSR count). The fraction of sp³-hybridized carbons (Fsp3) is 0.600. The molecule has 47 heavy (non-hydrogen) atoms. The zero-order valence-electron chi connectivity index (χ0n) is 29.3. The minimum atomic E-state index is -1.04. The van der Waals surface area contributed by atoms with Crippen LogP contribution < -0.4 is 14.2 Å². The van der Waals surface area contributed by atoms with Gasteiger partial charge in [-0.05, 0) is 37.1 Å². The maximum Gasteiger partial charge on any atom is 0.311 e. The fourth-order valence-electron chi connectivity index (χ4n) is 5.56. The number of hydrogen-bond acceptors (Lipinski definition) is 7. The Kier molecular flexibility index (Phi) is 21.0. The molecule has 0 bridgehead atoms. The second kappa shape index (κ2) is 24.8. The Morgan fingerprint density at radius 1 is 0.660 bits per heavy atom.